The highest BCUT2D eigenvalue weighted by Crippen LogP contribution is 2.35. The third-order valence-corrected chi connectivity index (χ3v) is 4.96. The quantitative estimate of drug-likeness (QED) is 0.460. The molecule has 0 spiro atoms. The zero-order valence-corrected chi connectivity index (χ0v) is 17.9. The van der Waals surface area contributed by atoms with Crippen LogP contribution in [0, 0.1) is 10.5 Å². The van der Waals surface area contributed by atoms with Gasteiger partial charge in [-0.15, -0.1) is 0 Å². The Morgan fingerprint density at radius 3 is 2.67 bits per heavy atom. The molecule has 0 saturated carbocycles. The molecule has 0 N–H and O–H groups in total. The van der Waals surface area contributed by atoms with Gasteiger partial charge in [-0.05, 0) is 84.8 Å². The van der Waals surface area contributed by atoms with Gasteiger partial charge in [0.25, 0.3) is 5.91 Å². The molecule has 1 aliphatic heterocycles. The lowest BCUT2D eigenvalue weighted by Gasteiger charge is -2.13. The first-order chi connectivity index (χ1) is 12.9. The third kappa shape index (κ3) is 4.00. The SMILES string of the molecule is CCOc1cc(/C=C2\C(=O)N(c3cccc(C)c3)N=C2C)cc(I)c1OC. The van der Waals surface area contributed by atoms with E-state index in [4.69, 9.17) is 9.47 Å². The standard InChI is InChI=1S/C21H21IN2O3/c1-5-27-19-12-15(11-18(22)20(19)26-4)10-17-14(3)23-24(21(17)25)16-8-6-7-13(2)9-16/h6-12H,5H2,1-4H3/b17-10-. The summed E-state index contributed by atoms with van der Waals surface area (Å²) < 4.78 is 12.0. The molecule has 27 heavy (non-hydrogen) atoms. The summed E-state index contributed by atoms with van der Waals surface area (Å²) in [6.07, 6.45) is 1.85. The lowest BCUT2D eigenvalue weighted by Crippen LogP contribution is -2.21. The molecule has 0 aliphatic carbocycles. The number of amides is 1. The van der Waals surface area contributed by atoms with Crippen LogP contribution in [0.15, 0.2) is 47.1 Å². The molecule has 0 saturated heterocycles. The summed E-state index contributed by atoms with van der Waals surface area (Å²) >= 11 is 2.21. The molecule has 2 aromatic rings. The average Bonchev–Trinajstić information content (AvgIpc) is 2.90. The van der Waals surface area contributed by atoms with Gasteiger partial charge in [-0.1, -0.05) is 12.1 Å². The van der Waals surface area contributed by atoms with Crippen molar-refractivity contribution < 1.29 is 14.3 Å². The van der Waals surface area contributed by atoms with Crippen LogP contribution >= 0.6 is 22.6 Å². The number of aryl methyl sites for hydroxylation is 1. The number of anilines is 1. The molecule has 6 heteroatoms. The van der Waals surface area contributed by atoms with Crippen LogP contribution in [0.2, 0.25) is 0 Å². The number of carbonyl (C=O) groups is 1. The molecule has 1 heterocycles. The summed E-state index contributed by atoms with van der Waals surface area (Å²) in [7, 11) is 1.62. The maximum atomic E-state index is 12.9. The molecule has 3 rings (SSSR count). The van der Waals surface area contributed by atoms with Crippen LogP contribution in [0.5, 0.6) is 11.5 Å². The highest BCUT2D eigenvalue weighted by Gasteiger charge is 2.28. The van der Waals surface area contributed by atoms with E-state index in [9.17, 15) is 4.79 Å². The molecule has 140 valence electrons. The lowest BCUT2D eigenvalue weighted by atomic mass is 10.1. The van der Waals surface area contributed by atoms with E-state index in [1.165, 1.54) is 5.01 Å². The molecule has 1 aliphatic rings. The van der Waals surface area contributed by atoms with Crippen molar-refractivity contribution >= 4 is 46.0 Å². The summed E-state index contributed by atoms with van der Waals surface area (Å²) in [5, 5.41) is 5.90. The van der Waals surface area contributed by atoms with Crippen LogP contribution in [0.4, 0.5) is 5.69 Å². The summed E-state index contributed by atoms with van der Waals surface area (Å²) in [4.78, 5) is 12.9. The minimum Gasteiger partial charge on any atom is -0.492 e. The number of halogens is 1. The molecule has 0 unspecified atom stereocenters. The molecular weight excluding hydrogens is 455 g/mol. The molecule has 5 nitrogen and oxygen atoms in total. The Kier molecular flexibility index (Phi) is 5.84. The van der Waals surface area contributed by atoms with Gasteiger partial charge in [0.2, 0.25) is 0 Å². The predicted octanol–water partition coefficient (Wildman–Crippen LogP) is 4.81. The van der Waals surface area contributed by atoms with Crippen molar-refractivity contribution in [1.29, 1.82) is 0 Å². The van der Waals surface area contributed by atoms with E-state index in [0.717, 1.165) is 20.4 Å². The third-order valence-electron chi connectivity index (χ3n) is 4.16. The Hall–Kier alpha value is -2.35. The van der Waals surface area contributed by atoms with Gasteiger partial charge in [0, 0.05) is 0 Å². The maximum Gasteiger partial charge on any atom is 0.280 e. The zero-order valence-electron chi connectivity index (χ0n) is 15.7. The van der Waals surface area contributed by atoms with Gasteiger partial charge in [-0.3, -0.25) is 4.79 Å². The fraction of sp³-hybridized carbons (Fsp3) is 0.238. The van der Waals surface area contributed by atoms with Gasteiger partial charge >= 0.3 is 0 Å². The Morgan fingerprint density at radius 2 is 2.00 bits per heavy atom. The van der Waals surface area contributed by atoms with Gasteiger partial charge in [-0.2, -0.15) is 10.1 Å². The van der Waals surface area contributed by atoms with Gasteiger partial charge in [0.15, 0.2) is 11.5 Å². The Balaban J connectivity index is 1.98. The van der Waals surface area contributed by atoms with Crippen molar-refractivity contribution in [3.05, 3.63) is 56.7 Å². The van der Waals surface area contributed by atoms with Crippen molar-refractivity contribution in [2.24, 2.45) is 5.10 Å². The van der Waals surface area contributed by atoms with Crippen LogP contribution in [-0.2, 0) is 4.79 Å². The van der Waals surface area contributed by atoms with Crippen LogP contribution < -0.4 is 14.5 Å². The Morgan fingerprint density at radius 1 is 1.22 bits per heavy atom. The number of hydrogen-bond acceptors (Lipinski definition) is 4. The summed E-state index contributed by atoms with van der Waals surface area (Å²) in [6.45, 7) is 6.30. The molecule has 0 aromatic heterocycles. The van der Waals surface area contributed by atoms with E-state index in [1.54, 1.807) is 7.11 Å². The number of hydrogen-bond donors (Lipinski definition) is 0. The second-order valence-electron chi connectivity index (χ2n) is 6.17. The fourth-order valence-electron chi connectivity index (χ4n) is 2.92. The summed E-state index contributed by atoms with van der Waals surface area (Å²) in [5.74, 6) is 1.22. The lowest BCUT2D eigenvalue weighted by molar-refractivity contribution is -0.114. The first-order valence-electron chi connectivity index (χ1n) is 8.63. The fourth-order valence-corrected chi connectivity index (χ4v) is 3.76. The van der Waals surface area contributed by atoms with Crippen LogP contribution in [0.1, 0.15) is 25.0 Å². The molecule has 0 fully saturated rings. The van der Waals surface area contributed by atoms with E-state index >= 15 is 0 Å². The van der Waals surface area contributed by atoms with Gasteiger partial charge in [0.05, 0.1) is 34.3 Å². The van der Waals surface area contributed by atoms with Crippen molar-refractivity contribution in [2.75, 3.05) is 18.7 Å². The first-order valence-corrected chi connectivity index (χ1v) is 9.71. The number of hydrazone groups is 1. The van der Waals surface area contributed by atoms with E-state index in [-0.39, 0.29) is 5.91 Å². The van der Waals surface area contributed by atoms with Crippen LogP contribution in [0.3, 0.4) is 0 Å². The molecule has 2 aromatic carbocycles. The maximum absolute atomic E-state index is 12.9. The second kappa shape index (κ2) is 8.12. The van der Waals surface area contributed by atoms with Crippen LogP contribution in [0.25, 0.3) is 6.08 Å². The minimum atomic E-state index is -0.137. The highest BCUT2D eigenvalue weighted by atomic mass is 127. The van der Waals surface area contributed by atoms with Crippen molar-refractivity contribution in [3.63, 3.8) is 0 Å². The van der Waals surface area contributed by atoms with Crippen molar-refractivity contribution in [1.82, 2.24) is 0 Å². The number of nitrogens with zero attached hydrogens (tertiary/aromatic N) is 2. The Bertz CT molecular complexity index is 950. The van der Waals surface area contributed by atoms with Crippen molar-refractivity contribution in [3.8, 4) is 11.5 Å². The molecule has 0 atom stereocenters. The normalized spacial score (nSPS) is 15.3. The number of ether oxygens (including phenoxy) is 2. The molecule has 0 radical (unpaired) electrons. The first kappa shape index (κ1) is 19.4. The minimum absolute atomic E-state index is 0.137. The highest BCUT2D eigenvalue weighted by molar-refractivity contribution is 14.1. The molecule has 0 bridgehead atoms. The van der Waals surface area contributed by atoms with Crippen molar-refractivity contribution in [2.45, 2.75) is 20.8 Å². The predicted molar refractivity (Wildman–Crippen MR) is 117 cm³/mol. The summed E-state index contributed by atoms with van der Waals surface area (Å²) in [6, 6.07) is 11.6. The van der Waals surface area contributed by atoms with E-state index in [1.807, 2.05) is 63.2 Å². The van der Waals surface area contributed by atoms with E-state index in [2.05, 4.69) is 27.7 Å². The number of carbonyl (C=O) groups excluding carboxylic acids is 1. The Labute approximate surface area is 172 Å². The monoisotopic (exact) mass is 476 g/mol. The molecular formula is C21H21IN2O3. The van der Waals surface area contributed by atoms with Crippen LogP contribution in [-0.4, -0.2) is 25.3 Å². The van der Waals surface area contributed by atoms with E-state index in [0.29, 0.717) is 29.4 Å². The second-order valence-corrected chi connectivity index (χ2v) is 7.33. The number of methoxy groups -OCH3 is 1. The smallest absolute Gasteiger partial charge is 0.280 e. The summed E-state index contributed by atoms with van der Waals surface area (Å²) in [5.41, 5.74) is 3.97. The zero-order chi connectivity index (χ0) is 19.6. The topological polar surface area (TPSA) is 51.1 Å². The van der Waals surface area contributed by atoms with Gasteiger partial charge < -0.3 is 9.47 Å². The largest absolute Gasteiger partial charge is 0.492 e. The van der Waals surface area contributed by atoms with E-state index < -0.39 is 0 Å². The van der Waals surface area contributed by atoms with Gasteiger partial charge in [-0.25, -0.2) is 0 Å². The number of rotatable bonds is 5. The molecule has 1 amide bonds. The number of benzene rings is 2. The average molecular weight is 476 g/mol. The van der Waals surface area contributed by atoms with Gasteiger partial charge in [0.1, 0.15) is 0 Å².